The summed E-state index contributed by atoms with van der Waals surface area (Å²) in [6, 6.07) is 11.0. The molecule has 4 aromatic heterocycles. The third-order valence-electron chi connectivity index (χ3n) is 4.00. The van der Waals surface area contributed by atoms with Crippen molar-refractivity contribution in [2.24, 2.45) is 0 Å². The first kappa shape index (κ1) is 15.3. The van der Waals surface area contributed by atoms with E-state index in [0.29, 0.717) is 6.54 Å². The van der Waals surface area contributed by atoms with E-state index in [-0.39, 0.29) is 5.82 Å². The van der Waals surface area contributed by atoms with Gasteiger partial charge in [-0.2, -0.15) is 0 Å². The molecule has 4 aromatic rings. The number of fused-ring (bicyclic) bond motifs is 1. The van der Waals surface area contributed by atoms with E-state index in [0.717, 1.165) is 34.5 Å². The highest BCUT2D eigenvalue weighted by molar-refractivity contribution is 5.79. The van der Waals surface area contributed by atoms with Gasteiger partial charge in [0.2, 0.25) is 0 Å². The number of aromatic amines is 1. The van der Waals surface area contributed by atoms with Crippen LogP contribution in [0, 0.1) is 5.82 Å². The van der Waals surface area contributed by atoms with Gasteiger partial charge in [-0.25, -0.2) is 14.4 Å². The minimum atomic E-state index is -0.335. The highest BCUT2D eigenvalue weighted by Crippen LogP contribution is 2.19. The normalized spacial score (nSPS) is 10.9. The summed E-state index contributed by atoms with van der Waals surface area (Å²) in [6.45, 7) is 0.501. The van der Waals surface area contributed by atoms with Gasteiger partial charge in [-0.3, -0.25) is 4.98 Å². The predicted octanol–water partition coefficient (Wildman–Crippen LogP) is 3.69. The van der Waals surface area contributed by atoms with Gasteiger partial charge in [0.25, 0.3) is 0 Å². The topological polar surface area (TPSA) is 66.5 Å². The standard InChI is InChI=1S/C19H16FN5/c20-15-4-5-16(22-11-15)12-24-18-6-3-13(9-23-18)8-14-10-25-19-17(14)2-1-7-21-19/h1-7,9-11H,8,12H2,(H,21,25)(H,23,24). The summed E-state index contributed by atoms with van der Waals surface area (Å²) in [6.07, 6.45) is 7.63. The Balaban J connectivity index is 1.42. The van der Waals surface area contributed by atoms with Crippen LogP contribution < -0.4 is 5.32 Å². The lowest BCUT2D eigenvalue weighted by Gasteiger charge is -2.06. The molecule has 4 rings (SSSR count). The number of rotatable bonds is 5. The van der Waals surface area contributed by atoms with Crippen molar-refractivity contribution in [3.63, 3.8) is 0 Å². The maximum Gasteiger partial charge on any atom is 0.141 e. The Hall–Kier alpha value is -3.28. The van der Waals surface area contributed by atoms with Gasteiger partial charge in [0.1, 0.15) is 17.3 Å². The van der Waals surface area contributed by atoms with E-state index >= 15 is 0 Å². The first-order chi connectivity index (χ1) is 12.3. The zero-order chi connectivity index (χ0) is 17.1. The van der Waals surface area contributed by atoms with Crippen LogP contribution in [-0.2, 0) is 13.0 Å². The molecule has 124 valence electrons. The quantitative estimate of drug-likeness (QED) is 0.584. The lowest BCUT2D eigenvalue weighted by Crippen LogP contribution is -2.03. The first-order valence-corrected chi connectivity index (χ1v) is 7.98. The molecule has 25 heavy (non-hydrogen) atoms. The number of hydrogen-bond acceptors (Lipinski definition) is 4. The van der Waals surface area contributed by atoms with Gasteiger partial charge in [-0.1, -0.05) is 6.07 Å². The summed E-state index contributed by atoms with van der Waals surface area (Å²) in [7, 11) is 0. The third kappa shape index (κ3) is 3.47. The van der Waals surface area contributed by atoms with E-state index in [1.54, 1.807) is 12.3 Å². The second-order valence-electron chi connectivity index (χ2n) is 5.76. The van der Waals surface area contributed by atoms with Crippen LogP contribution in [0.25, 0.3) is 11.0 Å². The molecular weight excluding hydrogens is 317 g/mol. The van der Waals surface area contributed by atoms with Gasteiger partial charge < -0.3 is 10.3 Å². The van der Waals surface area contributed by atoms with Crippen LogP contribution in [0.1, 0.15) is 16.8 Å². The van der Waals surface area contributed by atoms with E-state index in [1.165, 1.54) is 17.8 Å². The monoisotopic (exact) mass is 333 g/mol. The Labute approximate surface area is 144 Å². The Morgan fingerprint density at radius 3 is 2.76 bits per heavy atom. The van der Waals surface area contributed by atoms with E-state index < -0.39 is 0 Å². The Morgan fingerprint density at radius 2 is 1.96 bits per heavy atom. The minimum Gasteiger partial charge on any atom is -0.364 e. The summed E-state index contributed by atoms with van der Waals surface area (Å²) in [5.41, 5.74) is 3.98. The van der Waals surface area contributed by atoms with Gasteiger partial charge in [0.15, 0.2) is 0 Å². The minimum absolute atomic E-state index is 0.335. The molecule has 0 saturated carbocycles. The molecule has 0 fully saturated rings. The van der Waals surface area contributed by atoms with Gasteiger partial charge in [-0.15, -0.1) is 0 Å². The zero-order valence-electron chi connectivity index (χ0n) is 13.4. The van der Waals surface area contributed by atoms with Crippen LogP contribution in [0.15, 0.2) is 61.2 Å². The summed E-state index contributed by atoms with van der Waals surface area (Å²) < 4.78 is 12.8. The van der Waals surface area contributed by atoms with Crippen molar-refractivity contribution in [3.8, 4) is 0 Å². The molecule has 2 N–H and O–H groups in total. The zero-order valence-corrected chi connectivity index (χ0v) is 13.4. The number of aromatic nitrogens is 4. The predicted molar refractivity (Wildman–Crippen MR) is 94.7 cm³/mol. The highest BCUT2D eigenvalue weighted by Gasteiger charge is 2.05. The number of pyridine rings is 3. The molecule has 0 spiro atoms. The molecule has 0 aromatic carbocycles. The smallest absolute Gasteiger partial charge is 0.141 e. The molecule has 0 saturated heterocycles. The van der Waals surface area contributed by atoms with Crippen LogP contribution in [0.4, 0.5) is 10.2 Å². The van der Waals surface area contributed by atoms with Crippen LogP contribution in [0.2, 0.25) is 0 Å². The van der Waals surface area contributed by atoms with E-state index in [9.17, 15) is 4.39 Å². The van der Waals surface area contributed by atoms with Crippen LogP contribution in [0.5, 0.6) is 0 Å². The van der Waals surface area contributed by atoms with Gasteiger partial charge in [-0.05, 0) is 41.5 Å². The van der Waals surface area contributed by atoms with Crippen LogP contribution in [0.3, 0.4) is 0 Å². The fourth-order valence-corrected chi connectivity index (χ4v) is 2.70. The van der Waals surface area contributed by atoms with Gasteiger partial charge in [0.05, 0.1) is 18.4 Å². The second kappa shape index (κ2) is 6.68. The number of nitrogens with zero attached hydrogens (tertiary/aromatic N) is 3. The van der Waals surface area contributed by atoms with Crippen molar-refractivity contribution >= 4 is 16.9 Å². The maximum absolute atomic E-state index is 12.8. The van der Waals surface area contributed by atoms with E-state index in [4.69, 9.17) is 0 Å². The molecule has 0 bridgehead atoms. The molecule has 0 aliphatic rings. The summed E-state index contributed by atoms with van der Waals surface area (Å²) in [5.74, 6) is 0.425. The first-order valence-electron chi connectivity index (χ1n) is 7.98. The summed E-state index contributed by atoms with van der Waals surface area (Å²) >= 11 is 0. The fourth-order valence-electron chi connectivity index (χ4n) is 2.70. The second-order valence-corrected chi connectivity index (χ2v) is 5.76. The van der Waals surface area contributed by atoms with Crippen molar-refractivity contribution in [1.29, 1.82) is 0 Å². The highest BCUT2D eigenvalue weighted by atomic mass is 19.1. The number of H-pyrrole nitrogens is 1. The third-order valence-corrected chi connectivity index (χ3v) is 4.00. The molecule has 4 heterocycles. The molecule has 0 unspecified atom stereocenters. The number of halogens is 1. The molecule has 0 aliphatic heterocycles. The molecule has 0 radical (unpaired) electrons. The lowest BCUT2D eigenvalue weighted by molar-refractivity contribution is 0.619. The number of nitrogens with one attached hydrogen (secondary N) is 2. The summed E-state index contributed by atoms with van der Waals surface area (Å²) in [5, 5.41) is 4.32. The van der Waals surface area contributed by atoms with E-state index in [1.807, 2.05) is 30.6 Å². The van der Waals surface area contributed by atoms with Crippen LogP contribution in [-0.4, -0.2) is 19.9 Å². The van der Waals surface area contributed by atoms with Crippen molar-refractivity contribution in [3.05, 3.63) is 83.8 Å². The lowest BCUT2D eigenvalue weighted by atomic mass is 10.1. The Morgan fingerprint density at radius 1 is 1.00 bits per heavy atom. The Kier molecular flexibility index (Phi) is 4.08. The largest absolute Gasteiger partial charge is 0.364 e. The van der Waals surface area contributed by atoms with Gasteiger partial charge in [0, 0.05) is 30.4 Å². The SMILES string of the molecule is Fc1ccc(CNc2ccc(Cc3c[nH]c4ncccc34)cn2)nc1. The molecule has 0 aliphatic carbocycles. The molecule has 6 heteroatoms. The molecule has 0 atom stereocenters. The average Bonchev–Trinajstić information content (AvgIpc) is 3.06. The van der Waals surface area contributed by atoms with Crippen molar-refractivity contribution in [1.82, 2.24) is 19.9 Å². The number of hydrogen-bond donors (Lipinski definition) is 2. The van der Waals surface area contributed by atoms with E-state index in [2.05, 4.69) is 31.3 Å². The molecule has 0 amide bonds. The number of anilines is 1. The Bertz CT molecular complexity index is 977. The van der Waals surface area contributed by atoms with Crippen molar-refractivity contribution in [2.75, 3.05) is 5.32 Å². The van der Waals surface area contributed by atoms with Crippen molar-refractivity contribution < 1.29 is 4.39 Å². The van der Waals surface area contributed by atoms with Crippen LogP contribution >= 0.6 is 0 Å². The summed E-state index contributed by atoms with van der Waals surface area (Å²) in [4.78, 5) is 15.9. The average molecular weight is 333 g/mol. The maximum atomic E-state index is 12.8. The fraction of sp³-hybridized carbons (Fsp3) is 0.105. The molecular formula is C19H16FN5. The van der Waals surface area contributed by atoms with Gasteiger partial charge >= 0.3 is 0 Å². The van der Waals surface area contributed by atoms with Crippen molar-refractivity contribution in [2.45, 2.75) is 13.0 Å². The molecule has 5 nitrogen and oxygen atoms in total.